The molecule has 1 N–H and O–H groups in total. The maximum Gasteiger partial charge on any atom is 0.0707 e. The van der Waals surface area contributed by atoms with Gasteiger partial charge in [0.05, 0.1) is 6.04 Å². The van der Waals surface area contributed by atoms with Gasteiger partial charge in [-0.1, -0.05) is 158 Å². The maximum absolute atomic E-state index is 3.94. The Morgan fingerprint density at radius 1 is 0.528 bits per heavy atom. The van der Waals surface area contributed by atoms with Crippen LogP contribution in [0.1, 0.15) is 71.9 Å². The second-order valence-electron chi connectivity index (χ2n) is 15.0. The van der Waals surface area contributed by atoms with Gasteiger partial charge in [0.15, 0.2) is 0 Å². The van der Waals surface area contributed by atoms with Gasteiger partial charge in [0.25, 0.3) is 0 Å². The average Bonchev–Trinajstić information content (AvgIpc) is 3.60. The summed E-state index contributed by atoms with van der Waals surface area (Å²) in [5.74, 6) is 0. The molecule has 0 saturated carbocycles. The van der Waals surface area contributed by atoms with Gasteiger partial charge < -0.3 is 5.32 Å². The van der Waals surface area contributed by atoms with Crippen molar-refractivity contribution in [1.82, 2.24) is 5.32 Å². The minimum atomic E-state index is 0.110. The lowest BCUT2D eigenvalue weighted by Gasteiger charge is -2.31. The van der Waals surface area contributed by atoms with E-state index in [-0.39, 0.29) is 6.04 Å². The number of allylic oxidation sites excluding steroid dienone is 8. The Kier molecular flexibility index (Phi) is 9.48. The summed E-state index contributed by atoms with van der Waals surface area (Å²) >= 11 is 0. The van der Waals surface area contributed by atoms with E-state index in [2.05, 4.69) is 169 Å². The van der Waals surface area contributed by atoms with Crippen LogP contribution in [0.4, 0.5) is 0 Å². The van der Waals surface area contributed by atoms with E-state index in [0.29, 0.717) is 0 Å². The Morgan fingerprint density at radius 3 is 2.13 bits per heavy atom. The molecule has 0 amide bonds. The molecule has 0 aromatic heterocycles. The molecule has 1 unspecified atom stereocenters. The van der Waals surface area contributed by atoms with Crippen LogP contribution in [0.3, 0.4) is 0 Å². The normalized spacial score (nSPS) is 17.0. The van der Waals surface area contributed by atoms with Crippen LogP contribution >= 0.6 is 0 Å². The molecule has 1 aliphatic heterocycles. The van der Waals surface area contributed by atoms with Crippen molar-refractivity contribution in [3.8, 4) is 22.3 Å². The molecule has 0 saturated heterocycles. The molecular formula is C52H47N. The van der Waals surface area contributed by atoms with Gasteiger partial charge in [-0.25, -0.2) is 0 Å². The molecule has 5 aromatic rings. The Morgan fingerprint density at radius 2 is 1.28 bits per heavy atom. The zero-order chi connectivity index (χ0) is 35.4. The van der Waals surface area contributed by atoms with Crippen LogP contribution in [0, 0.1) is 0 Å². The summed E-state index contributed by atoms with van der Waals surface area (Å²) in [4.78, 5) is 0. The highest BCUT2D eigenvalue weighted by atomic mass is 14.9. The molecule has 3 aliphatic carbocycles. The molecule has 1 heterocycles. The molecule has 0 fully saturated rings. The summed E-state index contributed by atoms with van der Waals surface area (Å²) in [6.07, 6.45) is 27.2. The van der Waals surface area contributed by atoms with E-state index in [4.69, 9.17) is 0 Å². The molecule has 1 nitrogen and oxygen atoms in total. The first-order valence-corrected chi connectivity index (χ1v) is 19.7. The maximum atomic E-state index is 3.94. The topological polar surface area (TPSA) is 12.0 Å². The van der Waals surface area contributed by atoms with E-state index < -0.39 is 0 Å². The second-order valence-corrected chi connectivity index (χ2v) is 15.0. The molecule has 1 heteroatoms. The number of benzene rings is 5. The summed E-state index contributed by atoms with van der Waals surface area (Å²) in [5.41, 5.74) is 20.1. The monoisotopic (exact) mass is 685 g/mol. The molecule has 5 aromatic carbocycles. The van der Waals surface area contributed by atoms with Gasteiger partial charge in [-0.2, -0.15) is 0 Å². The van der Waals surface area contributed by atoms with Gasteiger partial charge in [-0.15, -0.1) is 0 Å². The van der Waals surface area contributed by atoms with Crippen LogP contribution < -0.4 is 5.32 Å². The van der Waals surface area contributed by atoms with Gasteiger partial charge in [-0.05, 0) is 141 Å². The molecule has 53 heavy (non-hydrogen) atoms. The van der Waals surface area contributed by atoms with Crippen LogP contribution in [0.5, 0.6) is 0 Å². The summed E-state index contributed by atoms with van der Waals surface area (Å²) in [6, 6.07) is 45.1. The van der Waals surface area contributed by atoms with Crippen molar-refractivity contribution in [2.45, 2.75) is 63.8 Å². The highest BCUT2D eigenvalue weighted by molar-refractivity contribution is 5.90. The molecular weight excluding hydrogens is 639 g/mol. The van der Waals surface area contributed by atoms with E-state index in [9.17, 15) is 0 Å². The van der Waals surface area contributed by atoms with Crippen molar-refractivity contribution in [3.63, 3.8) is 0 Å². The third-order valence-corrected chi connectivity index (χ3v) is 11.4. The fourth-order valence-corrected chi connectivity index (χ4v) is 8.66. The van der Waals surface area contributed by atoms with Gasteiger partial charge in [0.1, 0.15) is 0 Å². The minimum Gasteiger partial charge on any atom is -0.374 e. The first-order valence-electron chi connectivity index (χ1n) is 19.7. The van der Waals surface area contributed by atoms with Crippen LogP contribution in [-0.2, 0) is 19.3 Å². The van der Waals surface area contributed by atoms with Crippen molar-refractivity contribution in [2.24, 2.45) is 0 Å². The minimum absolute atomic E-state index is 0.110. The molecule has 0 spiro atoms. The first kappa shape index (κ1) is 33.2. The van der Waals surface area contributed by atoms with Crippen molar-refractivity contribution in [2.75, 3.05) is 0 Å². The number of unbranched alkanes of at least 4 members (excludes halogenated alkanes) is 3. The van der Waals surface area contributed by atoms with Crippen molar-refractivity contribution >= 4 is 11.3 Å². The van der Waals surface area contributed by atoms with Gasteiger partial charge in [0, 0.05) is 5.70 Å². The van der Waals surface area contributed by atoms with E-state index >= 15 is 0 Å². The SMILES string of the molecule is C1=CC(C2=C3C=C(c4ccccc4-c4cccc(CCCCCCc5ccccc5)c4)C=CC3NC(c3ccc4c(c3)Cc3ccccc3-4)=C2)=CCC1. The van der Waals surface area contributed by atoms with E-state index in [1.165, 1.54) is 116 Å². The fraction of sp³-hybridized carbons (Fsp3) is 0.192. The molecule has 1 atom stereocenters. The lowest BCUT2D eigenvalue weighted by molar-refractivity contribution is 0.640. The standard InChI is InChI=1S/C52H47N/c1(5-16-37-17-7-3-8-18-37)2-6-19-38-20-15-24-40(32-38)45-26-13-14-27-47(45)42-29-31-51-50(35-42)49(39-21-9-4-10-22-39)36-52(53-51)43-28-30-48-44(34-43)33-41-23-11-12-25-46(41)48/h3,7-9,11-15,17-18,20-32,34-36,51,53H,1-2,4-6,10,16,19,33H2. The quantitative estimate of drug-likeness (QED) is 0.134. The van der Waals surface area contributed by atoms with E-state index in [1.54, 1.807) is 0 Å². The first-order chi connectivity index (χ1) is 26.3. The number of rotatable bonds is 11. The second kappa shape index (κ2) is 15.1. The largest absolute Gasteiger partial charge is 0.374 e. The van der Waals surface area contributed by atoms with Crippen molar-refractivity contribution in [3.05, 3.63) is 214 Å². The number of nitrogens with one attached hydrogen (secondary N) is 1. The molecule has 260 valence electrons. The van der Waals surface area contributed by atoms with Gasteiger partial charge in [0.2, 0.25) is 0 Å². The summed E-state index contributed by atoms with van der Waals surface area (Å²) < 4.78 is 0. The van der Waals surface area contributed by atoms with Gasteiger partial charge in [-0.3, -0.25) is 0 Å². The van der Waals surface area contributed by atoms with Crippen LogP contribution in [0.15, 0.2) is 181 Å². The molecule has 4 aliphatic rings. The van der Waals surface area contributed by atoms with E-state index in [1.807, 2.05) is 0 Å². The molecule has 0 radical (unpaired) electrons. The Bertz CT molecular complexity index is 2340. The number of aryl methyl sites for hydroxylation is 2. The predicted molar refractivity (Wildman–Crippen MR) is 224 cm³/mol. The lowest BCUT2D eigenvalue weighted by atomic mass is 9.82. The van der Waals surface area contributed by atoms with E-state index in [0.717, 1.165) is 25.7 Å². The Labute approximate surface area is 315 Å². The number of hydrogen-bond donors (Lipinski definition) is 1. The Hall–Kier alpha value is -5.66. The van der Waals surface area contributed by atoms with Crippen LogP contribution in [0.2, 0.25) is 0 Å². The highest BCUT2D eigenvalue weighted by Crippen LogP contribution is 2.41. The molecule has 9 rings (SSSR count). The predicted octanol–water partition coefficient (Wildman–Crippen LogP) is 12.8. The summed E-state index contributed by atoms with van der Waals surface area (Å²) in [6.45, 7) is 0. The number of hydrogen-bond acceptors (Lipinski definition) is 1. The van der Waals surface area contributed by atoms with Crippen molar-refractivity contribution in [1.29, 1.82) is 0 Å². The third kappa shape index (κ3) is 7.09. The number of fused-ring (bicyclic) bond motifs is 4. The van der Waals surface area contributed by atoms with Gasteiger partial charge >= 0.3 is 0 Å². The molecule has 0 bridgehead atoms. The third-order valence-electron chi connectivity index (χ3n) is 11.4. The van der Waals surface area contributed by atoms with Crippen LogP contribution in [-0.4, -0.2) is 6.04 Å². The lowest BCUT2D eigenvalue weighted by Crippen LogP contribution is -2.32. The smallest absolute Gasteiger partial charge is 0.0707 e. The fourth-order valence-electron chi connectivity index (χ4n) is 8.66. The Balaban J connectivity index is 0.978. The summed E-state index contributed by atoms with van der Waals surface area (Å²) in [7, 11) is 0. The summed E-state index contributed by atoms with van der Waals surface area (Å²) in [5, 5.41) is 3.94. The van der Waals surface area contributed by atoms with Crippen LogP contribution in [0.25, 0.3) is 33.5 Å². The zero-order valence-electron chi connectivity index (χ0n) is 30.5. The van der Waals surface area contributed by atoms with Crippen molar-refractivity contribution < 1.29 is 0 Å². The highest BCUT2D eigenvalue weighted by Gasteiger charge is 2.27. The number of dihydropyridines is 1. The average molecular weight is 686 g/mol. The zero-order valence-corrected chi connectivity index (χ0v) is 30.5.